The van der Waals surface area contributed by atoms with E-state index in [9.17, 15) is 10.1 Å². The molecule has 1 aromatic carbocycles. The molecule has 3 heteroatoms. The minimum absolute atomic E-state index is 0.109. The quantitative estimate of drug-likeness (QED) is 0.495. The monoisotopic (exact) mass is 162 g/mol. The number of nitro groups is 1. The second-order valence-corrected chi connectivity index (χ2v) is 2.22. The zero-order valence-electron chi connectivity index (χ0n) is 6.43. The van der Waals surface area contributed by atoms with Crippen molar-refractivity contribution in [1.82, 2.24) is 0 Å². The summed E-state index contributed by atoms with van der Waals surface area (Å²) in [5.41, 5.74) is 0.690. The molecule has 0 aliphatic rings. The molecule has 0 heterocycles. The highest BCUT2D eigenvalue weighted by molar-refractivity contribution is 5.60. The fraction of sp³-hybridized carbons (Fsp3) is 0. The van der Waals surface area contributed by atoms with E-state index in [1.54, 1.807) is 24.3 Å². The maximum Gasteiger partial charge on any atom is 0.276 e. The lowest BCUT2D eigenvalue weighted by molar-refractivity contribution is -0.385. The molecule has 0 amide bonds. The predicted octanol–water partition coefficient (Wildman–Crippen LogP) is 2.44. The number of benzene rings is 1. The molecule has 0 saturated heterocycles. The van der Waals surface area contributed by atoms with Gasteiger partial charge in [-0.3, -0.25) is 10.1 Å². The Morgan fingerprint density at radius 2 is 2.08 bits per heavy atom. The third kappa shape index (κ3) is 1.69. The number of nitro benzene ring substituents is 1. The summed E-state index contributed by atoms with van der Waals surface area (Å²) in [5, 5.41) is 10.4. The Labute approximate surface area is 70.5 Å². The van der Waals surface area contributed by atoms with Crippen LogP contribution < -0.4 is 0 Å². The summed E-state index contributed by atoms with van der Waals surface area (Å²) in [6.45, 7) is 3.48. The first-order valence-corrected chi connectivity index (χ1v) is 3.45. The number of hydrogen-bond acceptors (Lipinski definition) is 2. The third-order valence-corrected chi connectivity index (χ3v) is 1.43. The molecular formula is C9H8NO2. The number of para-hydroxylation sites is 1. The van der Waals surface area contributed by atoms with E-state index >= 15 is 0 Å². The van der Waals surface area contributed by atoms with Crippen molar-refractivity contribution in [3.8, 4) is 0 Å². The highest BCUT2D eigenvalue weighted by Crippen LogP contribution is 2.18. The zero-order chi connectivity index (χ0) is 8.97. The van der Waals surface area contributed by atoms with Crippen molar-refractivity contribution in [3.05, 3.63) is 52.9 Å². The van der Waals surface area contributed by atoms with Gasteiger partial charge in [0.2, 0.25) is 0 Å². The third-order valence-electron chi connectivity index (χ3n) is 1.43. The molecule has 0 aromatic heterocycles. The van der Waals surface area contributed by atoms with Crippen LogP contribution in [0.1, 0.15) is 5.56 Å². The normalized spacial score (nSPS) is 10.4. The SMILES string of the molecule is [CH2]/C=C/c1ccccc1[N+](=O)[O-]. The molecule has 0 bridgehead atoms. The average Bonchev–Trinajstić information content (AvgIpc) is 2.05. The molecule has 1 rings (SSSR count). The van der Waals surface area contributed by atoms with E-state index in [0.717, 1.165) is 0 Å². The van der Waals surface area contributed by atoms with Gasteiger partial charge in [-0.1, -0.05) is 24.3 Å². The Hall–Kier alpha value is -1.64. The molecule has 12 heavy (non-hydrogen) atoms. The van der Waals surface area contributed by atoms with Crippen molar-refractivity contribution in [2.75, 3.05) is 0 Å². The van der Waals surface area contributed by atoms with Gasteiger partial charge in [0.15, 0.2) is 0 Å². The van der Waals surface area contributed by atoms with Crippen molar-refractivity contribution in [2.24, 2.45) is 0 Å². The highest BCUT2D eigenvalue weighted by atomic mass is 16.6. The van der Waals surface area contributed by atoms with Crippen LogP contribution in [0.15, 0.2) is 30.3 Å². The fourth-order valence-electron chi connectivity index (χ4n) is 0.922. The Bertz CT molecular complexity index is 318. The summed E-state index contributed by atoms with van der Waals surface area (Å²) in [5.74, 6) is 0. The van der Waals surface area contributed by atoms with Gasteiger partial charge < -0.3 is 0 Å². The van der Waals surface area contributed by atoms with Crippen LogP contribution in [0.5, 0.6) is 0 Å². The van der Waals surface area contributed by atoms with Crippen LogP contribution in [0.2, 0.25) is 0 Å². The summed E-state index contributed by atoms with van der Waals surface area (Å²) in [6.07, 6.45) is 3.14. The summed E-state index contributed by atoms with van der Waals surface area (Å²) in [4.78, 5) is 10.0. The van der Waals surface area contributed by atoms with Crippen LogP contribution in [0.4, 0.5) is 5.69 Å². The molecule has 0 spiro atoms. The number of nitrogens with zero attached hydrogens (tertiary/aromatic N) is 1. The van der Waals surface area contributed by atoms with Gasteiger partial charge in [-0.25, -0.2) is 0 Å². The van der Waals surface area contributed by atoms with Crippen molar-refractivity contribution in [3.63, 3.8) is 0 Å². The van der Waals surface area contributed by atoms with Crippen molar-refractivity contribution in [2.45, 2.75) is 0 Å². The van der Waals surface area contributed by atoms with Crippen molar-refractivity contribution in [1.29, 1.82) is 0 Å². The smallest absolute Gasteiger partial charge is 0.258 e. The molecular weight excluding hydrogens is 154 g/mol. The van der Waals surface area contributed by atoms with Crippen LogP contribution in [-0.2, 0) is 0 Å². The van der Waals surface area contributed by atoms with Gasteiger partial charge in [0.1, 0.15) is 0 Å². The summed E-state index contributed by atoms with van der Waals surface area (Å²) < 4.78 is 0. The second-order valence-electron chi connectivity index (χ2n) is 2.22. The zero-order valence-corrected chi connectivity index (χ0v) is 6.43. The first-order chi connectivity index (χ1) is 5.75. The van der Waals surface area contributed by atoms with E-state index in [0.29, 0.717) is 5.56 Å². The van der Waals surface area contributed by atoms with Gasteiger partial charge in [-0.05, 0) is 13.0 Å². The first kappa shape index (κ1) is 8.46. The molecule has 3 nitrogen and oxygen atoms in total. The summed E-state index contributed by atoms with van der Waals surface area (Å²) in [7, 11) is 0. The maximum absolute atomic E-state index is 10.4. The molecule has 1 aromatic rings. The van der Waals surface area contributed by atoms with Gasteiger partial charge in [0, 0.05) is 6.07 Å². The standard InChI is InChI=1S/C9H8NO2/c1-2-5-8-6-3-4-7-9(8)10(11)12/h2-7H,1H2/b5-2+. The van der Waals surface area contributed by atoms with Crippen LogP contribution in [-0.4, -0.2) is 4.92 Å². The highest BCUT2D eigenvalue weighted by Gasteiger charge is 2.08. The van der Waals surface area contributed by atoms with Crippen LogP contribution in [0.3, 0.4) is 0 Å². The molecule has 0 atom stereocenters. The van der Waals surface area contributed by atoms with Gasteiger partial charge in [-0.2, -0.15) is 0 Å². The molecule has 0 N–H and O–H groups in total. The number of hydrogen-bond donors (Lipinski definition) is 0. The molecule has 1 radical (unpaired) electrons. The minimum Gasteiger partial charge on any atom is -0.258 e. The summed E-state index contributed by atoms with van der Waals surface area (Å²) in [6, 6.07) is 6.54. The average molecular weight is 162 g/mol. The molecule has 0 aliphatic heterocycles. The number of allylic oxidation sites excluding steroid dienone is 1. The Morgan fingerprint density at radius 1 is 1.42 bits per heavy atom. The van der Waals surface area contributed by atoms with E-state index in [1.807, 2.05) is 0 Å². The number of rotatable bonds is 2. The van der Waals surface area contributed by atoms with Crippen LogP contribution in [0, 0.1) is 17.0 Å². The summed E-state index contributed by atoms with van der Waals surface area (Å²) >= 11 is 0. The van der Waals surface area contributed by atoms with Gasteiger partial charge in [-0.15, -0.1) is 0 Å². The minimum atomic E-state index is -0.407. The predicted molar refractivity (Wildman–Crippen MR) is 47.5 cm³/mol. The van der Waals surface area contributed by atoms with Crippen LogP contribution >= 0.6 is 0 Å². The topological polar surface area (TPSA) is 43.1 Å². The van der Waals surface area contributed by atoms with Crippen LogP contribution in [0.25, 0.3) is 6.08 Å². The van der Waals surface area contributed by atoms with Gasteiger partial charge in [0.05, 0.1) is 10.5 Å². The Kier molecular flexibility index (Phi) is 2.58. The molecule has 0 unspecified atom stereocenters. The molecule has 0 saturated carbocycles. The fourth-order valence-corrected chi connectivity index (χ4v) is 0.922. The maximum atomic E-state index is 10.4. The Balaban J connectivity index is 3.17. The first-order valence-electron chi connectivity index (χ1n) is 3.45. The molecule has 0 aliphatic carbocycles. The second kappa shape index (κ2) is 3.67. The van der Waals surface area contributed by atoms with Gasteiger partial charge in [0.25, 0.3) is 5.69 Å². The molecule has 0 fully saturated rings. The lowest BCUT2D eigenvalue weighted by Gasteiger charge is -1.94. The molecule has 61 valence electrons. The van der Waals surface area contributed by atoms with Crippen molar-refractivity contribution < 1.29 is 4.92 Å². The van der Waals surface area contributed by atoms with Crippen molar-refractivity contribution >= 4 is 11.8 Å². The van der Waals surface area contributed by atoms with Gasteiger partial charge >= 0.3 is 0 Å². The Morgan fingerprint density at radius 3 is 2.67 bits per heavy atom. The lowest BCUT2D eigenvalue weighted by Crippen LogP contribution is -1.89. The van der Waals surface area contributed by atoms with E-state index < -0.39 is 4.92 Å². The van der Waals surface area contributed by atoms with E-state index in [2.05, 4.69) is 6.92 Å². The van der Waals surface area contributed by atoms with E-state index in [4.69, 9.17) is 0 Å². The lowest BCUT2D eigenvalue weighted by atomic mass is 10.2. The largest absolute Gasteiger partial charge is 0.276 e. The van der Waals surface area contributed by atoms with E-state index in [-0.39, 0.29) is 5.69 Å². The van der Waals surface area contributed by atoms with E-state index in [1.165, 1.54) is 12.1 Å².